The standard InChI is InChI=1S/C16H19F3O2/c1-8-9(12(19)11(18)6-10(8)17)7-16(13(20)21)14(2,3)15(16,4)5/h6H,7H2,1-5H3,(H,20,21). The maximum Gasteiger partial charge on any atom is 0.311 e. The van der Waals surface area contributed by atoms with Crippen LogP contribution < -0.4 is 0 Å². The van der Waals surface area contributed by atoms with Crippen molar-refractivity contribution in [2.75, 3.05) is 0 Å². The monoisotopic (exact) mass is 300 g/mol. The third-order valence-corrected chi connectivity index (χ3v) is 5.98. The van der Waals surface area contributed by atoms with Gasteiger partial charge in [-0.3, -0.25) is 4.79 Å². The molecule has 0 bridgehead atoms. The Morgan fingerprint density at radius 1 is 1.10 bits per heavy atom. The molecule has 0 atom stereocenters. The summed E-state index contributed by atoms with van der Waals surface area (Å²) >= 11 is 0. The van der Waals surface area contributed by atoms with Crippen molar-refractivity contribution < 1.29 is 23.1 Å². The summed E-state index contributed by atoms with van der Waals surface area (Å²) in [5.41, 5.74) is -2.67. The Balaban J connectivity index is 2.60. The van der Waals surface area contributed by atoms with Crippen LogP contribution in [0.5, 0.6) is 0 Å². The van der Waals surface area contributed by atoms with Gasteiger partial charge in [0.05, 0.1) is 5.41 Å². The van der Waals surface area contributed by atoms with Crippen LogP contribution in [0.15, 0.2) is 6.07 Å². The molecule has 1 N–H and O–H groups in total. The molecule has 1 aromatic rings. The zero-order valence-corrected chi connectivity index (χ0v) is 12.8. The number of carboxylic acid groups (broad SMARTS) is 1. The van der Waals surface area contributed by atoms with Crippen LogP contribution in [0.4, 0.5) is 13.2 Å². The Kier molecular flexibility index (Phi) is 3.20. The summed E-state index contributed by atoms with van der Waals surface area (Å²) in [7, 11) is 0. The van der Waals surface area contributed by atoms with Crippen molar-refractivity contribution in [3.05, 3.63) is 34.6 Å². The maximum atomic E-state index is 14.0. The van der Waals surface area contributed by atoms with Crippen LogP contribution >= 0.6 is 0 Å². The average molecular weight is 300 g/mol. The number of halogens is 3. The molecule has 1 saturated carbocycles. The second-order valence-electron chi connectivity index (χ2n) is 6.90. The summed E-state index contributed by atoms with van der Waals surface area (Å²) in [6.07, 6.45) is -0.228. The minimum absolute atomic E-state index is 0.0342. The van der Waals surface area contributed by atoms with Gasteiger partial charge in [0.25, 0.3) is 0 Å². The number of carboxylic acids is 1. The summed E-state index contributed by atoms with van der Waals surface area (Å²) in [5.74, 6) is -4.38. The van der Waals surface area contributed by atoms with E-state index >= 15 is 0 Å². The minimum Gasteiger partial charge on any atom is -0.481 e. The van der Waals surface area contributed by atoms with Gasteiger partial charge >= 0.3 is 5.97 Å². The Morgan fingerprint density at radius 2 is 1.57 bits per heavy atom. The SMILES string of the molecule is Cc1c(F)cc(F)c(F)c1CC1(C(=O)O)C(C)(C)C1(C)C. The van der Waals surface area contributed by atoms with E-state index in [0.717, 1.165) is 0 Å². The maximum absolute atomic E-state index is 14.0. The first kappa shape index (κ1) is 15.9. The highest BCUT2D eigenvalue weighted by molar-refractivity contribution is 5.82. The lowest BCUT2D eigenvalue weighted by Crippen LogP contribution is -2.27. The molecular formula is C16H19F3O2. The van der Waals surface area contributed by atoms with Gasteiger partial charge in [-0.15, -0.1) is 0 Å². The molecule has 0 amide bonds. The lowest BCUT2D eigenvalue weighted by molar-refractivity contribution is -0.145. The Labute approximate surface area is 122 Å². The van der Waals surface area contributed by atoms with Gasteiger partial charge in [0.2, 0.25) is 0 Å². The minimum atomic E-state index is -1.29. The molecule has 0 unspecified atom stereocenters. The van der Waals surface area contributed by atoms with Crippen LogP contribution in [0.2, 0.25) is 0 Å². The van der Waals surface area contributed by atoms with Crippen LogP contribution in [0.25, 0.3) is 0 Å². The van der Waals surface area contributed by atoms with Crippen molar-refractivity contribution in [3.63, 3.8) is 0 Å². The Morgan fingerprint density at radius 3 is 1.95 bits per heavy atom. The van der Waals surface area contributed by atoms with E-state index in [1.165, 1.54) is 6.92 Å². The number of hydrogen-bond acceptors (Lipinski definition) is 1. The molecule has 1 aliphatic carbocycles. The first-order valence-electron chi connectivity index (χ1n) is 6.78. The molecule has 0 saturated heterocycles. The van der Waals surface area contributed by atoms with Gasteiger partial charge in [0.15, 0.2) is 11.6 Å². The van der Waals surface area contributed by atoms with E-state index in [1.807, 2.05) is 0 Å². The largest absolute Gasteiger partial charge is 0.481 e. The van der Waals surface area contributed by atoms with E-state index in [1.54, 1.807) is 27.7 Å². The van der Waals surface area contributed by atoms with E-state index in [-0.39, 0.29) is 17.5 Å². The first-order chi connectivity index (χ1) is 9.41. The highest BCUT2D eigenvalue weighted by Crippen LogP contribution is 2.79. The highest BCUT2D eigenvalue weighted by Gasteiger charge is 2.81. The second kappa shape index (κ2) is 4.24. The van der Waals surface area contributed by atoms with Gasteiger partial charge in [0.1, 0.15) is 5.82 Å². The fourth-order valence-electron chi connectivity index (χ4n) is 3.69. The van der Waals surface area contributed by atoms with Crippen molar-refractivity contribution >= 4 is 5.97 Å². The number of aliphatic carboxylic acids is 1. The quantitative estimate of drug-likeness (QED) is 0.854. The van der Waals surface area contributed by atoms with Gasteiger partial charge in [0, 0.05) is 6.07 Å². The van der Waals surface area contributed by atoms with Crippen LogP contribution in [0.1, 0.15) is 38.8 Å². The second-order valence-corrected chi connectivity index (χ2v) is 6.90. The van der Waals surface area contributed by atoms with E-state index in [0.29, 0.717) is 6.07 Å². The molecule has 1 aromatic carbocycles. The average Bonchev–Trinajstić information content (AvgIpc) is 2.70. The number of rotatable bonds is 3. The van der Waals surface area contributed by atoms with Gasteiger partial charge in [-0.05, 0) is 35.3 Å². The molecule has 2 rings (SSSR count). The van der Waals surface area contributed by atoms with Crippen LogP contribution in [-0.2, 0) is 11.2 Å². The highest BCUT2D eigenvalue weighted by atomic mass is 19.2. The Hall–Kier alpha value is -1.52. The lowest BCUT2D eigenvalue weighted by atomic mass is 9.85. The molecule has 1 fully saturated rings. The van der Waals surface area contributed by atoms with Crippen LogP contribution in [0, 0.1) is 40.6 Å². The molecule has 0 heterocycles. The van der Waals surface area contributed by atoms with Crippen LogP contribution in [-0.4, -0.2) is 11.1 Å². The third-order valence-electron chi connectivity index (χ3n) is 5.98. The normalized spacial score (nSPS) is 21.1. The predicted octanol–water partition coefficient (Wildman–Crippen LogP) is 4.09. The van der Waals surface area contributed by atoms with Crippen molar-refractivity contribution in [1.29, 1.82) is 0 Å². The molecule has 0 aliphatic heterocycles. The fraction of sp³-hybridized carbons (Fsp3) is 0.562. The van der Waals surface area contributed by atoms with Gasteiger partial charge in [-0.25, -0.2) is 13.2 Å². The van der Waals surface area contributed by atoms with E-state index in [9.17, 15) is 23.1 Å². The number of carbonyl (C=O) groups is 1. The summed E-state index contributed by atoms with van der Waals surface area (Å²) in [5, 5.41) is 9.65. The van der Waals surface area contributed by atoms with E-state index < -0.39 is 39.7 Å². The molecule has 0 spiro atoms. The molecule has 0 radical (unpaired) electrons. The fourth-order valence-corrected chi connectivity index (χ4v) is 3.69. The summed E-state index contributed by atoms with van der Waals surface area (Å²) in [4.78, 5) is 11.8. The molecule has 1 aliphatic rings. The van der Waals surface area contributed by atoms with Gasteiger partial charge in [-0.1, -0.05) is 27.7 Å². The van der Waals surface area contributed by atoms with E-state index in [4.69, 9.17) is 0 Å². The Bertz CT molecular complexity index is 593. The lowest BCUT2D eigenvalue weighted by Gasteiger charge is -2.19. The van der Waals surface area contributed by atoms with Crippen LogP contribution in [0.3, 0.4) is 0 Å². The zero-order valence-electron chi connectivity index (χ0n) is 12.8. The topological polar surface area (TPSA) is 37.3 Å². The molecular weight excluding hydrogens is 281 g/mol. The molecule has 21 heavy (non-hydrogen) atoms. The predicted molar refractivity (Wildman–Crippen MR) is 72.4 cm³/mol. The number of benzene rings is 1. The summed E-state index contributed by atoms with van der Waals surface area (Å²) in [6.45, 7) is 8.47. The molecule has 0 aromatic heterocycles. The van der Waals surface area contributed by atoms with E-state index in [2.05, 4.69) is 0 Å². The first-order valence-corrected chi connectivity index (χ1v) is 6.78. The molecule has 2 nitrogen and oxygen atoms in total. The van der Waals surface area contributed by atoms with Crippen molar-refractivity contribution in [2.45, 2.75) is 41.0 Å². The number of hydrogen-bond donors (Lipinski definition) is 1. The smallest absolute Gasteiger partial charge is 0.311 e. The zero-order chi connectivity index (χ0) is 16.4. The summed E-state index contributed by atoms with van der Waals surface area (Å²) < 4.78 is 41.1. The van der Waals surface area contributed by atoms with Crippen molar-refractivity contribution in [2.24, 2.45) is 16.2 Å². The van der Waals surface area contributed by atoms with Crippen molar-refractivity contribution in [3.8, 4) is 0 Å². The summed E-state index contributed by atoms with van der Waals surface area (Å²) in [6, 6.07) is 0.491. The van der Waals surface area contributed by atoms with Gasteiger partial charge in [-0.2, -0.15) is 0 Å². The van der Waals surface area contributed by atoms with Gasteiger partial charge < -0.3 is 5.11 Å². The molecule has 5 heteroatoms. The van der Waals surface area contributed by atoms with Crippen molar-refractivity contribution in [1.82, 2.24) is 0 Å². The molecule has 116 valence electrons. The third kappa shape index (κ3) is 1.69.